The van der Waals surface area contributed by atoms with Gasteiger partial charge in [-0.15, -0.1) is 0 Å². The van der Waals surface area contributed by atoms with E-state index in [0.29, 0.717) is 16.5 Å². The number of halogens is 1. The largest absolute Gasteiger partial charge is 0.422 e. The quantitative estimate of drug-likeness (QED) is 0.477. The van der Waals surface area contributed by atoms with Crippen LogP contribution in [-0.4, -0.2) is 9.78 Å². The van der Waals surface area contributed by atoms with Crippen LogP contribution >= 0.6 is 11.6 Å². The molecular formula is C25H17ClN4O. The predicted molar refractivity (Wildman–Crippen MR) is 120 cm³/mol. The highest BCUT2D eigenvalue weighted by atomic mass is 35.5. The van der Waals surface area contributed by atoms with Gasteiger partial charge in [-0.05, 0) is 29.8 Å². The topological polar surface area (TPSA) is 76.9 Å². The lowest BCUT2D eigenvalue weighted by molar-refractivity contribution is 0.367. The first kappa shape index (κ1) is 19.0. The lowest BCUT2D eigenvalue weighted by atomic mass is 9.83. The number of allylic oxidation sites excluding steroid dienone is 1. The Bertz CT molecular complexity index is 1320. The molecule has 5 nitrogen and oxygen atoms in total. The average Bonchev–Trinajstić information content (AvgIpc) is 3.19. The number of hydrogen-bond donors (Lipinski definition) is 1. The molecule has 0 saturated heterocycles. The fourth-order valence-electron chi connectivity index (χ4n) is 3.88. The number of ether oxygens (including phenoxy) is 1. The number of aromatic nitrogens is 2. The van der Waals surface area contributed by atoms with Gasteiger partial charge in [-0.25, -0.2) is 0 Å². The summed E-state index contributed by atoms with van der Waals surface area (Å²) in [5, 5.41) is 15.5. The van der Waals surface area contributed by atoms with E-state index in [9.17, 15) is 5.26 Å². The molecular weight excluding hydrogens is 408 g/mol. The van der Waals surface area contributed by atoms with Crippen LogP contribution in [0, 0.1) is 11.3 Å². The highest BCUT2D eigenvalue weighted by Crippen LogP contribution is 2.47. The van der Waals surface area contributed by atoms with Crippen molar-refractivity contribution in [3.63, 3.8) is 0 Å². The van der Waals surface area contributed by atoms with Gasteiger partial charge in [-0.3, -0.25) is 0 Å². The standard InChI is InChI=1S/C25H17ClN4O/c26-18-13-11-16(12-14-18)21-20(15-27)24(28)31-25-22(21)23(17-7-3-1-4-8-17)29-30(25)19-9-5-2-6-10-19/h1-14,21H,28H2. The van der Waals surface area contributed by atoms with Crippen molar-refractivity contribution in [2.24, 2.45) is 5.73 Å². The van der Waals surface area contributed by atoms with Crippen molar-refractivity contribution < 1.29 is 4.74 Å². The summed E-state index contributed by atoms with van der Waals surface area (Å²) in [6, 6.07) is 29.2. The minimum absolute atomic E-state index is 0.0756. The van der Waals surface area contributed by atoms with Crippen LogP contribution in [0.2, 0.25) is 5.02 Å². The normalized spacial score (nSPS) is 15.2. The molecule has 1 unspecified atom stereocenters. The maximum absolute atomic E-state index is 9.94. The Labute approximate surface area is 184 Å². The molecule has 2 heterocycles. The van der Waals surface area contributed by atoms with Gasteiger partial charge >= 0.3 is 0 Å². The predicted octanol–water partition coefficient (Wildman–Crippen LogP) is 5.41. The lowest BCUT2D eigenvalue weighted by Gasteiger charge is -2.25. The molecule has 31 heavy (non-hydrogen) atoms. The molecule has 1 aromatic heterocycles. The van der Waals surface area contributed by atoms with Crippen molar-refractivity contribution >= 4 is 11.6 Å². The fraction of sp³-hybridized carbons (Fsp3) is 0.0400. The molecule has 1 atom stereocenters. The molecule has 1 aliphatic rings. The molecule has 2 N–H and O–H groups in total. The van der Waals surface area contributed by atoms with Crippen LogP contribution in [0.1, 0.15) is 17.0 Å². The second-order valence-electron chi connectivity index (χ2n) is 7.16. The van der Waals surface area contributed by atoms with Gasteiger partial charge in [0, 0.05) is 10.6 Å². The Morgan fingerprint density at radius 1 is 0.935 bits per heavy atom. The third-order valence-electron chi connectivity index (χ3n) is 5.30. The number of rotatable bonds is 3. The molecule has 0 bridgehead atoms. The summed E-state index contributed by atoms with van der Waals surface area (Å²) in [6.45, 7) is 0. The van der Waals surface area contributed by atoms with Gasteiger partial charge in [0.05, 0.1) is 17.2 Å². The van der Waals surface area contributed by atoms with Crippen LogP contribution in [0.25, 0.3) is 16.9 Å². The fourth-order valence-corrected chi connectivity index (χ4v) is 4.01. The van der Waals surface area contributed by atoms with E-state index < -0.39 is 5.92 Å². The van der Waals surface area contributed by atoms with E-state index in [1.54, 1.807) is 16.8 Å². The number of nitrogens with two attached hydrogens (primary N) is 1. The van der Waals surface area contributed by atoms with Gasteiger partial charge in [0.2, 0.25) is 11.8 Å². The number of benzene rings is 3. The zero-order valence-corrected chi connectivity index (χ0v) is 17.1. The molecule has 0 aliphatic carbocycles. The van der Waals surface area contributed by atoms with Crippen LogP contribution in [0.5, 0.6) is 5.88 Å². The summed E-state index contributed by atoms with van der Waals surface area (Å²) < 4.78 is 7.75. The lowest BCUT2D eigenvalue weighted by Crippen LogP contribution is -2.22. The van der Waals surface area contributed by atoms with Crippen LogP contribution in [-0.2, 0) is 0 Å². The van der Waals surface area contributed by atoms with Crippen molar-refractivity contribution in [3.8, 4) is 28.9 Å². The Kier molecular flexibility index (Phi) is 4.70. The van der Waals surface area contributed by atoms with Crippen LogP contribution in [0.15, 0.2) is 96.4 Å². The summed E-state index contributed by atoms with van der Waals surface area (Å²) in [4.78, 5) is 0. The number of nitriles is 1. The van der Waals surface area contributed by atoms with E-state index in [2.05, 4.69) is 6.07 Å². The Morgan fingerprint density at radius 2 is 1.58 bits per heavy atom. The van der Waals surface area contributed by atoms with Crippen LogP contribution in [0.3, 0.4) is 0 Å². The highest BCUT2D eigenvalue weighted by Gasteiger charge is 2.37. The number of fused-ring (bicyclic) bond motifs is 1. The first-order valence-corrected chi connectivity index (χ1v) is 10.1. The van der Waals surface area contributed by atoms with E-state index in [1.165, 1.54) is 0 Å². The van der Waals surface area contributed by atoms with Crippen molar-refractivity contribution in [1.82, 2.24) is 9.78 Å². The summed E-state index contributed by atoms with van der Waals surface area (Å²) in [6.07, 6.45) is 0. The van der Waals surface area contributed by atoms with Gasteiger partial charge in [0.25, 0.3) is 0 Å². The number of nitrogens with zero attached hydrogens (tertiary/aromatic N) is 3. The first-order valence-electron chi connectivity index (χ1n) is 9.74. The van der Waals surface area contributed by atoms with Crippen molar-refractivity contribution in [1.29, 1.82) is 5.26 Å². The molecule has 0 saturated carbocycles. The Balaban J connectivity index is 1.83. The second-order valence-corrected chi connectivity index (χ2v) is 7.59. The van der Waals surface area contributed by atoms with E-state index in [4.69, 9.17) is 27.2 Å². The maximum Gasteiger partial charge on any atom is 0.229 e. The zero-order chi connectivity index (χ0) is 21.4. The second kappa shape index (κ2) is 7.67. The van der Waals surface area contributed by atoms with Crippen molar-refractivity contribution in [2.75, 3.05) is 0 Å². The van der Waals surface area contributed by atoms with Gasteiger partial charge in [-0.2, -0.15) is 15.0 Å². The third-order valence-corrected chi connectivity index (χ3v) is 5.55. The Morgan fingerprint density at radius 3 is 2.23 bits per heavy atom. The van der Waals surface area contributed by atoms with Gasteiger partial charge in [0.1, 0.15) is 17.3 Å². The van der Waals surface area contributed by atoms with Gasteiger partial charge < -0.3 is 10.5 Å². The highest BCUT2D eigenvalue weighted by molar-refractivity contribution is 6.30. The molecule has 0 fully saturated rings. The summed E-state index contributed by atoms with van der Waals surface area (Å²) >= 11 is 6.12. The zero-order valence-electron chi connectivity index (χ0n) is 16.4. The minimum atomic E-state index is -0.432. The van der Waals surface area contributed by atoms with E-state index in [0.717, 1.165) is 28.1 Å². The van der Waals surface area contributed by atoms with Gasteiger partial charge in [-0.1, -0.05) is 72.3 Å². The van der Waals surface area contributed by atoms with E-state index >= 15 is 0 Å². The molecule has 1 aliphatic heterocycles. The smallest absolute Gasteiger partial charge is 0.229 e. The maximum atomic E-state index is 9.94. The number of hydrogen-bond acceptors (Lipinski definition) is 4. The van der Waals surface area contributed by atoms with Crippen LogP contribution in [0.4, 0.5) is 0 Å². The number of para-hydroxylation sites is 1. The summed E-state index contributed by atoms with van der Waals surface area (Å²) in [5.41, 5.74) is 10.8. The first-order chi connectivity index (χ1) is 15.2. The molecule has 0 amide bonds. The van der Waals surface area contributed by atoms with Crippen molar-refractivity contribution in [3.05, 3.63) is 113 Å². The third kappa shape index (κ3) is 3.24. The summed E-state index contributed by atoms with van der Waals surface area (Å²) in [7, 11) is 0. The van der Waals surface area contributed by atoms with Crippen LogP contribution < -0.4 is 10.5 Å². The molecule has 3 aromatic carbocycles. The van der Waals surface area contributed by atoms with E-state index in [1.807, 2.05) is 72.8 Å². The molecule has 0 radical (unpaired) electrons. The SMILES string of the molecule is N#CC1=C(N)Oc2c(c(-c3ccccc3)nn2-c2ccccc2)C1c1ccc(Cl)cc1. The molecule has 6 heteroatoms. The summed E-state index contributed by atoms with van der Waals surface area (Å²) in [5.74, 6) is 0.145. The minimum Gasteiger partial charge on any atom is -0.422 e. The molecule has 4 aromatic rings. The van der Waals surface area contributed by atoms with Crippen molar-refractivity contribution in [2.45, 2.75) is 5.92 Å². The average molecular weight is 425 g/mol. The monoisotopic (exact) mass is 424 g/mol. The molecule has 5 rings (SSSR count). The molecule has 0 spiro atoms. The van der Waals surface area contributed by atoms with E-state index in [-0.39, 0.29) is 5.88 Å². The Hall–Kier alpha value is -4.01. The molecule has 150 valence electrons. The van der Waals surface area contributed by atoms with Gasteiger partial charge in [0.15, 0.2) is 0 Å².